The lowest BCUT2D eigenvalue weighted by atomic mass is 10.0. The molecule has 0 unspecified atom stereocenters. The highest BCUT2D eigenvalue weighted by molar-refractivity contribution is 5.97. The number of piperazine rings is 1. The first-order valence-electron chi connectivity index (χ1n) is 17.4. The van der Waals surface area contributed by atoms with E-state index in [-0.39, 0.29) is 29.5 Å². The molecule has 9 nitrogen and oxygen atoms in total. The van der Waals surface area contributed by atoms with Gasteiger partial charge in [0.15, 0.2) is 0 Å². The lowest BCUT2D eigenvalue weighted by Crippen LogP contribution is -2.49. The highest BCUT2D eigenvalue weighted by Crippen LogP contribution is 2.29. The number of carbonyl (C=O) groups is 2. The summed E-state index contributed by atoms with van der Waals surface area (Å²) in [4.78, 5) is 47.8. The Morgan fingerprint density at radius 2 is 1.60 bits per heavy atom. The average Bonchev–Trinajstić information content (AvgIpc) is 3.14. The van der Waals surface area contributed by atoms with E-state index in [1.807, 2.05) is 47.1 Å². The van der Waals surface area contributed by atoms with E-state index in [1.54, 1.807) is 30.9 Å². The van der Waals surface area contributed by atoms with Gasteiger partial charge in [0.1, 0.15) is 17.2 Å². The summed E-state index contributed by atoms with van der Waals surface area (Å²) >= 11 is 0. The third-order valence-corrected chi connectivity index (χ3v) is 10.1. The van der Waals surface area contributed by atoms with Crippen LogP contribution in [0.4, 0.5) is 20.2 Å². The van der Waals surface area contributed by atoms with E-state index < -0.39 is 23.0 Å². The minimum atomic E-state index is -0.555. The second-order valence-electron chi connectivity index (χ2n) is 13.2. The lowest BCUT2D eigenvalue weighted by molar-refractivity contribution is -0.131. The first-order chi connectivity index (χ1) is 24.2. The second-order valence-corrected chi connectivity index (χ2v) is 13.2. The second kappa shape index (κ2) is 15.4. The van der Waals surface area contributed by atoms with Crippen molar-refractivity contribution in [2.75, 3.05) is 63.2 Å². The molecule has 3 aromatic carbocycles. The van der Waals surface area contributed by atoms with Crippen molar-refractivity contribution >= 4 is 34.1 Å². The van der Waals surface area contributed by atoms with Crippen molar-refractivity contribution in [1.29, 1.82) is 0 Å². The Bertz CT molecular complexity index is 1900. The number of nitrogens with zero attached hydrogens (tertiary/aromatic N) is 5. The van der Waals surface area contributed by atoms with Gasteiger partial charge in [0, 0.05) is 90.2 Å². The zero-order valence-corrected chi connectivity index (χ0v) is 29.0. The molecule has 6 rings (SSSR count). The van der Waals surface area contributed by atoms with E-state index >= 15 is 4.39 Å². The SMILES string of the molecule is CCn1cc(C(=O)N(C)Cc2cc(F)ccc2N2CCC(OC)CC2)c(=O)c2cc(F)c(N3CCN(C(=O)CCc4ccccc4)CC3)cc21. The van der Waals surface area contributed by atoms with Crippen molar-refractivity contribution in [2.24, 2.45) is 0 Å². The molecule has 2 saturated heterocycles. The van der Waals surface area contributed by atoms with E-state index in [0.29, 0.717) is 62.3 Å². The van der Waals surface area contributed by atoms with Crippen molar-refractivity contribution in [3.63, 3.8) is 0 Å². The van der Waals surface area contributed by atoms with Crippen LogP contribution in [0, 0.1) is 11.6 Å². The Hall–Kier alpha value is -4.77. The number of hydrogen-bond donors (Lipinski definition) is 0. The molecule has 2 amide bonds. The van der Waals surface area contributed by atoms with Gasteiger partial charge in [-0.1, -0.05) is 30.3 Å². The predicted octanol–water partition coefficient (Wildman–Crippen LogP) is 5.47. The van der Waals surface area contributed by atoms with Crippen LogP contribution in [0.2, 0.25) is 0 Å². The number of halogens is 2. The number of hydrogen-bond acceptors (Lipinski definition) is 6. The number of amides is 2. The number of aryl methyl sites for hydroxylation is 2. The Morgan fingerprint density at radius 3 is 2.28 bits per heavy atom. The molecule has 2 aliphatic rings. The summed E-state index contributed by atoms with van der Waals surface area (Å²) in [6, 6.07) is 17.4. The molecule has 3 heterocycles. The number of aromatic nitrogens is 1. The lowest BCUT2D eigenvalue weighted by Gasteiger charge is -2.36. The Balaban J connectivity index is 1.18. The zero-order valence-electron chi connectivity index (χ0n) is 29.0. The van der Waals surface area contributed by atoms with Gasteiger partial charge in [-0.25, -0.2) is 8.78 Å². The molecule has 11 heteroatoms. The van der Waals surface area contributed by atoms with Crippen LogP contribution in [0.1, 0.15) is 47.7 Å². The standard InChI is InChI=1S/C39H45F2N5O4/c1-4-43-26-32(39(49)42(2)25-28-22-29(40)11-12-34(28)44-16-14-30(50-3)15-17-44)38(48)31-23-33(41)36(24-35(31)43)45-18-20-46(21-19-45)37(47)13-10-27-8-6-5-7-9-27/h5-9,11-12,22-24,26,30H,4,10,13-21,25H2,1-3H3. The van der Waals surface area contributed by atoms with Gasteiger partial charge in [-0.05, 0) is 67.6 Å². The predicted molar refractivity (Wildman–Crippen MR) is 192 cm³/mol. The number of benzene rings is 3. The fraction of sp³-hybridized carbons (Fsp3) is 0.410. The van der Waals surface area contributed by atoms with E-state index in [2.05, 4.69) is 4.90 Å². The highest BCUT2D eigenvalue weighted by Gasteiger charge is 2.27. The zero-order chi connectivity index (χ0) is 35.4. The Morgan fingerprint density at radius 1 is 0.900 bits per heavy atom. The summed E-state index contributed by atoms with van der Waals surface area (Å²) in [5.74, 6) is -1.40. The molecule has 0 spiro atoms. The first-order valence-corrected chi connectivity index (χ1v) is 17.4. The summed E-state index contributed by atoms with van der Waals surface area (Å²) in [5, 5.41) is 0.120. The molecular weight excluding hydrogens is 640 g/mol. The van der Waals surface area contributed by atoms with Crippen LogP contribution in [0.25, 0.3) is 10.9 Å². The van der Waals surface area contributed by atoms with Gasteiger partial charge in [0.05, 0.1) is 17.3 Å². The van der Waals surface area contributed by atoms with Crippen molar-refractivity contribution in [1.82, 2.24) is 14.4 Å². The number of methoxy groups -OCH3 is 1. The molecule has 0 atom stereocenters. The van der Waals surface area contributed by atoms with Crippen molar-refractivity contribution in [3.05, 3.63) is 105 Å². The molecule has 2 aliphatic heterocycles. The van der Waals surface area contributed by atoms with E-state index in [9.17, 15) is 18.8 Å². The molecule has 0 radical (unpaired) electrons. The summed E-state index contributed by atoms with van der Waals surface area (Å²) in [7, 11) is 3.29. The van der Waals surface area contributed by atoms with Crippen LogP contribution in [0.3, 0.4) is 0 Å². The van der Waals surface area contributed by atoms with Gasteiger partial charge in [0.2, 0.25) is 11.3 Å². The first kappa shape index (κ1) is 35.1. The van der Waals surface area contributed by atoms with Crippen molar-refractivity contribution < 1.29 is 23.1 Å². The van der Waals surface area contributed by atoms with Crippen molar-refractivity contribution in [2.45, 2.75) is 51.8 Å². The maximum atomic E-state index is 15.8. The van der Waals surface area contributed by atoms with Gasteiger partial charge in [-0.3, -0.25) is 14.4 Å². The smallest absolute Gasteiger partial charge is 0.259 e. The molecule has 0 saturated carbocycles. The molecular formula is C39H45F2N5O4. The van der Waals surface area contributed by atoms with Crippen LogP contribution in [0.5, 0.6) is 0 Å². The number of anilines is 2. The van der Waals surface area contributed by atoms with E-state index in [0.717, 1.165) is 37.2 Å². The minimum Gasteiger partial charge on any atom is -0.381 e. The number of carbonyl (C=O) groups excluding carboxylic acids is 2. The normalized spacial score (nSPS) is 15.5. The molecule has 0 N–H and O–H groups in total. The number of rotatable bonds is 10. The van der Waals surface area contributed by atoms with E-state index in [1.165, 1.54) is 29.3 Å². The van der Waals surface area contributed by atoms with Crippen LogP contribution in [-0.4, -0.2) is 85.7 Å². The van der Waals surface area contributed by atoms with Crippen LogP contribution < -0.4 is 15.2 Å². The molecule has 1 aromatic heterocycles. The number of fused-ring (bicyclic) bond motifs is 1. The molecule has 0 aliphatic carbocycles. The summed E-state index contributed by atoms with van der Waals surface area (Å²) < 4.78 is 37.5. The summed E-state index contributed by atoms with van der Waals surface area (Å²) in [6.07, 6.45) is 4.51. The molecule has 50 heavy (non-hydrogen) atoms. The number of piperidine rings is 1. The molecule has 2 fully saturated rings. The van der Waals surface area contributed by atoms with Crippen LogP contribution >= 0.6 is 0 Å². The fourth-order valence-corrected chi connectivity index (χ4v) is 7.16. The third kappa shape index (κ3) is 7.52. The molecule has 4 aromatic rings. The third-order valence-electron chi connectivity index (χ3n) is 10.1. The largest absolute Gasteiger partial charge is 0.381 e. The maximum Gasteiger partial charge on any atom is 0.259 e. The van der Waals surface area contributed by atoms with Crippen molar-refractivity contribution in [3.8, 4) is 0 Å². The molecule has 0 bridgehead atoms. The number of pyridine rings is 1. The van der Waals surface area contributed by atoms with E-state index in [4.69, 9.17) is 4.74 Å². The maximum absolute atomic E-state index is 15.8. The average molecular weight is 686 g/mol. The van der Waals surface area contributed by atoms with Gasteiger partial charge in [-0.2, -0.15) is 0 Å². The summed E-state index contributed by atoms with van der Waals surface area (Å²) in [6.45, 7) is 5.81. The highest BCUT2D eigenvalue weighted by atomic mass is 19.1. The molecule has 264 valence electrons. The van der Waals surface area contributed by atoms with Gasteiger partial charge < -0.3 is 28.9 Å². The van der Waals surface area contributed by atoms with Gasteiger partial charge in [-0.15, -0.1) is 0 Å². The summed E-state index contributed by atoms with van der Waals surface area (Å²) in [5.41, 5.74) is 2.86. The quantitative estimate of drug-likeness (QED) is 0.221. The van der Waals surface area contributed by atoms with Crippen LogP contribution in [0.15, 0.2) is 71.7 Å². The number of ether oxygens (including phenoxy) is 1. The fourth-order valence-electron chi connectivity index (χ4n) is 7.16. The van der Waals surface area contributed by atoms with Gasteiger partial charge >= 0.3 is 0 Å². The monoisotopic (exact) mass is 685 g/mol. The van der Waals surface area contributed by atoms with Crippen LogP contribution in [-0.2, 0) is 29.0 Å². The minimum absolute atomic E-state index is 0.0736. The Labute approximate surface area is 291 Å². The van der Waals surface area contributed by atoms with Gasteiger partial charge in [0.25, 0.3) is 5.91 Å². The topological polar surface area (TPSA) is 78.3 Å². The Kier molecular flexibility index (Phi) is 10.8.